The van der Waals surface area contributed by atoms with Crippen LogP contribution in [0.2, 0.25) is 0 Å². The molecule has 0 amide bonds. The van der Waals surface area contributed by atoms with Crippen LogP contribution in [0.1, 0.15) is 18.4 Å². The molecule has 3 rings (SSSR count). The molecule has 2 N–H and O–H groups in total. The van der Waals surface area contributed by atoms with Gasteiger partial charge in [-0.15, -0.1) is 0 Å². The minimum absolute atomic E-state index is 0.233. The highest BCUT2D eigenvalue weighted by molar-refractivity contribution is 5.68. The van der Waals surface area contributed by atoms with Crippen molar-refractivity contribution in [2.75, 3.05) is 18.0 Å². The predicted molar refractivity (Wildman–Crippen MR) is 71.1 cm³/mol. The number of anilines is 1. The van der Waals surface area contributed by atoms with E-state index in [4.69, 9.17) is 4.74 Å². The Morgan fingerprint density at radius 2 is 2.16 bits per heavy atom. The number of benzene rings is 1. The molecule has 1 atom stereocenters. The summed E-state index contributed by atoms with van der Waals surface area (Å²) in [6.07, 6.45) is 2.33. The first-order valence-corrected chi connectivity index (χ1v) is 6.67. The van der Waals surface area contributed by atoms with Crippen LogP contribution in [0.15, 0.2) is 18.2 Å². The number of hydrogen-bond acceptors (Lipinski definition) is 5. The van der Waals surface area contributed by atoms with Crippen LogP contribution in [0, 0.1) is 0 Å². The van der Waals surface area contributed by atoms with Gasteiger partial charge in [-0.2, -0.15) is 0 Å². The van der Waals surface area contributed by atoms with E-state index in [0.29, 0.717) is 12.6 Å². The molecule has 0 spiro atoms. The first-order chi connectivity index (χ1) is 9.29. The fraction of sp³-hybridized carbons (Fsp3) is 0.500. The first-order valence-electron chi connectivity index (χ1n) is 6.67. The van der Waals surface area contributed by atoms with Gasteiger partial charge in [-0.25, -0.2) is 0 Å². The highest BCUT2D eigenvalue weighted by Gasteiger charge is 2.33. The molecule has 0 saturated carbocycles. The van der Waals surface area contributed by atoms with Gasteiger partial charge in [-0.1, -0.05) is 0 Å². The van der Waals surface area contributed by atoms with E-state index in [1.807, 2.05) is 6.07 Å². The maximum Gasteiger partial charge on any atom is 0.187 e. The zero-order valence-corrected chi connectivity index (χ0v) is 10.7. The largest absolute Gasteiger partial charge is 0.508 e. The van der Waals surface area contributed by atoms with Crippen LogP contribution < -0.4 is 10.2 Å². The molecule has 1 aromatic rings. The summed E-state index contributed by atoms with van der Waals surface area (Å²) < 4.78 is 5.60. The average Bonchev–Trinajstić information content (AvgIpc) is 2.46. The fourth-order valence-corrected chi connectivity index (χ4v) is 2.93. The van der Waals surface area contributed by atoms with Crippen molar-refractivity contribution in [2.45, 2.75) is 31.7 Å². The summed E-state index contributed by atoms with van der Waals surface area (Å²) >= 11 is 0. The van der Waals surface area contributed by atoms with Gasteiger partial charge in [0.05, 0.1) is 6.61 Å². The predicted octanol–water partition coefficient (Wildman–Crippen LogP) is 1.01. The number of hydrogen-bond donors (Lipinski definition) is 2. The smallest absolute Gasteiger partial charge is 0.187 e. The minimum atomic E-state index is -0.514. The summed E-state index contributed by atoms with van der Waals surface area (Å²) in [6, 6.07) is 5.57. The Kier molecular flexibility index (Phi) is 3.40. The third kappa shape index (κ3) is 2.31. The number of aldehydes is 1. The number of carbonyl (C=O) groups excluding carboxylic acids is 1. The van der Waals surface area contributed by atoms with Crippen molar-refractivity contribution in [3.8, 4) is 5.75 Å². The molecule has 1 unspecified atom stereocenters. The topological polar surface area (TPSA) is 61.8 Å². The summed E-state index contributed by atoms with van der Waals surface area (Å²) in [7, 11) is 0. The van der Waals surface area contributed by atoms with Gasteiger partial charge in [-0.3, -0.25) is 4.79 Å². The number of phenols is 1. The average molecular weight is 262 g/mol. The van der Waals surface area contributed by atoms with Crippen LogP contribution in [-0.4, -0.2) is 36.8 Å². The van der Waals surface area contributed by atoms with Gasteiger partial charge in [0.2, 0.25) is 0 Å². The molecule has 5 heteroatoms. The van der Waals surface area contributed by atoms with E-state index in [2.05, 4.69) is 10.2 Å². The van der Waals surface area contributed by atoms with Crippen LogP contribution in [-0.2, 0) is 16.1 Å². The summed E-state index contributed by atoms with van der Waals surface area (Å²) in [4.78, 5) is 13.3. The van der Waals surface area contributed by atoms with Gasteiger partial charge in [0.25, 0.3) is 0 Å². The lowest BCUT2D eigenvalue weighted by molar-refractivity contribution is -0.120. The zero-order chi connectivity index (χ0) is 13.2. The number of aromatic hydroxyl groups is 1. The van der Waals surface area contributed by atoms with E-state index >= 15 is 0 Å². The number of ether oxygens (including phenoxy) is 1. The Bertz CT molecular complexity index is 472. The first kappa shape index (κ1) is 12.4. The molecule has 1 saturated heterocycles. The lowest BCUT2D eigenvalue weighted by Gasteiger charge is -2.43. The van der Waals surface area contributed by atoms with Crippen LogP contribution >= 0.6 is 0 Å². The molecule has 0 aliphatic carbocycles. The molecule has 2 aliphatic rings. The van der Waals surface area contributed by atoms with E-state index in [1.165, 1.54) is 0 Å². The summed E-state index contributed by atoms with van der Waals surface area (Å²) in [5, 5.41) is 12.9. The molecule has 5 nitrogen and oxygen atoms in total. The number of piperidine rings is 1. The molecule has 0 bridgehead atoms. The highest BCUT2D eigenvalue weighted by atomic mass is 16.5. The Labute approximate surface area is 112 Å². The highest BCUT2D eigenvalue weighted by Crippen LogP contribution is 2.34. The van der Waals surface area contributed by atoms with Gasteiger partial charge < -0.3 is 20.1 Å². The lowest BCUT2D eigenvalue weighted by Crippen LogP contribution is -2.52. The van der Waals surface area contributed by atoms with Crippen LogP contribution in [0.4, 0.5) is 5.69 Å². The van der Waals surface area contributed by atoms with Crippen molar-refractivity contribution < 1.29 is 14.6 Å². The van der Waals surface area contributed by atoms with Crippen molar-refractivity contribution in [1.29, 1.82) is 0 Å². The number of nitrogens with one attached hydrogen (secondary N) is 1. The molecule has 102 valence electrons. The SMILES string of the molecule is O=CC1OCc2cc(O)ccc2N1C1CCNCC1. The Hall–Kier alpha value is -1.59. The Morgan fingerprint density at radius 3 is 2.89 bits per heavy atom. The van der Waals surface area contributed by atoms with Gasteiger partial charge in [-0.05, 0) is 44.1 Å². The molecule has 1 fully saturated rings. The third-order valence-corrected chi connectivity index (χ3v) is 3.84. The zero-order valence-electron chi connectivity index (χ0n) is 10.7. The number of fused-ring (bicyclic) bond motifs is 1. The van der Waals surface area contributed by atoms with Gasteiger partial charge in [0.1, 0.15) is 5.75 Å². The van der Waals surface area contributed by atoms with Crippen molar-refractivity contribution >= 4 is 12.0 Å². The number of nitrogens with zero attached hydrogens (tertiary/aromatic N) is 1. The van der Waals surface area contributed by atoms with Gasteiger partial charge in [0, 0.05) is 17.3 Å². The lowest BCUT2D eigenvalue weighted by atomic mass is 10.0. The minimum Gasteiger partial charge on any atom is -0.508 e. The number of carbonyl (C=O) groups is 1. The fourth-order valence-electron chi connectivity index (χ4n) is 2.93. The summed E-state index contributed by atoms with van der Waals surface area (Å²) in [5.74, 6) is 0.233. The molecular formula is C14H18N2O3. The van der Waals surface area contributed by atoms with Crippen molar-refractivity contribution in [1.82, 2.24) is 5.32 Å². The van der Waals surface area contributed by atoms with E-state index in [0.717, 1.165) is 43.5 Å². The maximum atomic E-state index is 11.3. The number of phenolic OH excluding ortho intramolecular Hbond substituents is 1. The Balaban J connectivity index is 1.96. The Morgan fingerprint density at radius 1 is 1.37 bits per heavy atom. The van der Waals surface area contributed by atoms with Crippen molar-refractivity contribution in [2.24, 2.45) is 0 Å². The molecule has 19 heavy (non-hydrogen) atoms. The molecule has 2 heterocycles. The van der Waals surface area contributed by atoms with E-state index in [1.54, 1.807) is 12.1 Å². The van der Waals surface area contributed by atoms with Crippen molar-refractivity contribution in [3.05, 3.63) is 23.8 Å². The molecule has 1 aromatic carbocycles. The maximum absolute atomic E-state index is 11.3. The second-order valence-electron chi connectivity index (χ2n) is 5.04. The molecule has 0 radical (unpaired) electrons. The standard InChI is InChI=1S/C14H18N2O3/c17-8-14-16(11-3-5-15-6-4-11)13-2-1-12(18)7-10(13)9-19-14/h1-2,7-8,11,14-15,18H,3-6,9H2. The molecule has 0 aromatic heterocycles. The third-order valence-electron chi connectivity index (χ3n) is 3.84. The molecule has 2 aliphatic heterocycles. The van der Waals surface area contributed by atoms with Crippen LogP contribution in [0.3, 0.4) is 0 Å². The van der Waals surface area contributed by atoms with E-state index in [-0.39, 0.29) is 5.75 Å². The monoisotopic (exact) mass is 262 g/mol. The van der Waals surface area contributed by atoms with Crippen LogP contribution in [0.5, 0.6) is 5.75 Å². The van der Waals surface area contributed by atoms with E-state index < -0.39 is 6.23 Å². The van der Waals surface area contributed by atoms with Crippen LogP contribution in [0.25, 0.3) is 0 Å². The summed E-state index contributed by atoms with van der Waals surface area (Å²) in [5.41, 5.74) is 1.95. The normalized spacial score (nSPS) is 24.0. The second kappa shape index (κ2) is 5.19. The van der Waals surface area contributed by atoms with Gasteiger partial charge >= 0.3 is 0 Å². The number of rotatable bonds is 2. The summed E-state index contributed by atoms with van der Waals surface area (Å²) in [6.45, 7) is 2.29. The van der Waals surface area contributed by atoms with Gasteiger partial charge in [0.15, 0.2) is 12.5 Å². The van der Waals surface area contributed by atoms with Crippen molar-refractivity contribution in [3.63, 3.8) is 0 Å². The quantitative estimate of drug-likeness (QED) is 0.779. The molecular weight excluding hydrogens is 244 g/mol. The van der Waals surface area contributed by atoms with E-state index in [9.17, 15) is 9.90 Å². The second-order valence-corrected chi connectivity index (χ2v) is 5.04.